The fourth-order valence-electron chi connectivity index (χ4n) is 5.86. The van der Waals surface area contributed by atoms with Crippen LogP contribution in [0.5, 0.6) is 5.75 Å². The Morgan fingerprint density at radius 2 is 1.47 bits per heavy atom. The van der Waals surface area contributed by atoms with Crippen molar-refractivity contribution in [1.82, 2.24) is 4.90 Å². The lowest BCUT2D eigenvalue weighted by Gasteiger charge is -2.21. The number of hydrogen-bond acceptors (Lipinski definition) is 6. The van der Waals surface area contributed by atoms with Crippen LogP contribution in [0.3, 0.4) is 0 Å². The molecule has 0 unspecified atom stereocenters. The normalized spacial score (nSPS) is 14.0. The molecule has 0 amide bonds. The molecule has 0 aliphatic heterocycles. The predicted octanol–water partition coefficient (Wildman–Crippen LogP) is 9.17. The molecule has 43 heavy (non-hydrogen) atoms. The van der Waals surface area contributed by atoms with Crippen molar-refractivity contribution in [2.45, 2.75) is 110 Å². The van der Waals surface area contributed by atoms with Crippen molar-refractivity contribution in [1.29, 1.82) is 0 Å². The van der Waals surface area contributed by atoms with Gasteiger partial charge in [-0.15, -0.1) is 0 Å². The van der Waals surface area contributed by atoms with Crippen LogP contribution >= 0.6 is 0 Å². The number of esters is 1. The summed E-state index contributed by atoms with van der Waals surface area (Å²) in [6.45, 7) is 10.6. The van der Waals surface area contributed by atoms with Crippen molar-refractivity contribution in [3.8, 4) is 5.75 Å². The van der Waals surface area contributed by atoms with Gasteiger partial charge in [0.05, 0.1) is 17.7 Å². The van der Waals surface area contributed by atoms with Crippen LogP contribution in [-0.4, -0.2) is 49.0 Å². The third-order valence-corrected chi connectivity index (χ3v) is 8.47. The minimum Gasteiger partial charge on any atom is -0.494 e. The number of fused-ring (bicyclic) bond motifs is 1. The van der Waals surface area contributed by atoms with Gasteiger partial charge in [0, 0.05) is 23.9 Å². The van der Waals surface area contributed by atoms with Crippen LogP contribution in [0, 0.1) is 0 Å². The molecule has 3 aromatic rings. The molecule has 1 aliphatic rings. The van der Waals surface area contributed by atoms with E-state index in [2.05, 4.69) is 25.7 Å². The van der Waals surface area contributed by atoms with Crippen LogP contribution in [-0.2, 0) is 11.2 Å². The van der Waals surface area contributed by atoms with E-state index < -0.39 is 0 Å². The second kappa shape index (κ2) is 17.2. The number of ketones is 1. The number of furan rings is 1. The smallest absolute Gasteiger partial charge is 0.338 e. The number of hydrogen-bond donors (Lipinski definition) is 0. The lowest BCUT2D eigenvalue weighted by Crippen LogP contribution is -2.28. The molecule has 6 nitrogen and oxygen atoms in total. The molecule has 0 bridgehead atoms. The minimum atomic E-state index is -0.330. The quantitative estimate of drug-likeness (QED) is 0.0837. The minimum absolute atomic E-state index is 0.0238. The zero-order chi connectivity index (χ0) is 30.4. The van der Waals surface area contributed by atoms with Crippen LogP contribution in [0.1, 0.15) is 130 Å². The molecule has 4 rings (SSSR count). The fourth-order valence-corrected chi connectivity index (χ4v) is 5.86. The summed E-state index contributed by atoms with van der Waals surface area (Å²) in [6.07, 6.45) is 13.6. The van der Waals surface area contributed by atoms with Gasteiger partial charge in [0.1, 0.15) is 23.2 Å². The third-order valence-electron chi connectivity index (χ3n) is 8.47. The standard InChI is InChI=1S/C37H51NO5/c1-4-7-16-34-35(32-27-29(19-22-33(32)43-34)37(40)42-31-14-11-10-12-15-31)36(39)28-17-20-30(21-18-28)41-26-13-25-38(23-8-5-2)24-9-6-3/h17-22,27,31H,4-16,23-26H2,1-3H3. The van der Waals surface area contributed by atoms with Crippen molar-refractivity contribution >= 4 is 22.7 Å². The summed E-state index contributed by atoms with van der Waals surface area (Å²) < 4.78 is 18.0. The Hall–Kier alpha value is -3.12. The average Bonchev–Trinajstić information content (AvgIpc) is 3.40. The van der Waals surface area contributed by atoms with Crippen molar-refractivity contribution in [2.75, 3.05) is 26.2 Å². The Labute approximate surface area is 258 Å². The van der Waals surface area contributed by atoms with Crippen molar-refractivity contribution in [3.63, 3.8) is 0 Å². The van der Waals surface area contributed by atoms with Crippen molar-refractivity contribution in [3.05, 3.63) is 64.9 Å². The van der Waals surface area contributed by atoms with Gasteiger partial charge in [-0.3, -0.25) is 4.79 Å². The van der Waals surface area contributed by atoms with E-state index >= 15 is 0 Å². The first-order valence-corrected chi connectivity index (χ1v) is 16.8. The zero-order valence-corrected chi connectivity index (χ0v) is 26.6. The van der Waals surface area contributed by atoms with Crippen molar-refractivity contribution < 1.29 is 23.5 Å². The van der Waals surface area contributed by atoms with Gasteiger partial charge in [0.25, 0.3) is 0 Å². The van der Waals surface area contributed by atoms with Crippen LogP contribution in [0.25, 0.3) is 11.0 Å². The summed E-state index contributed by atoms with van der Waals surface area (Å²) in [4.78, 5) is 29.5. The van der Waals surface area contributed by atoms with Crippen LogP contribution in [0.15, 0.2) is 46.9 Å². The van der Waals surface area contributed by atoms with Gasteiger partial charge in [-0.1, -0.05) is 46.5 Å². The number of unbranched alkanes of at least 4 members (excludes halogenated alkanes) is 3. The summed E-state index contributed by atoms with van der Waals surface area (Å²) in [6, 6.07) is 12.7. The molecule has 1 aliphatic carbocycles. The van der Waals surface area contributed by atoms with E-state index in [0.29, 0.717) is 46.4 Å². The number of rotatable bonds is 18. The Bertz CT molecular complexity index is 1280. The highest BCUT2D eigenvalue weighted by Crippen LogP contribution is 2.31. The molecule has 6 heteroatoms. The SMILES string of the molecule is CCCCc1oc2ccc(C(=O)OC3CCCCC3)cc2c1C(=O)c1ccc(OCCCN(CCCC)CCCC)cc1. The van der Waals surface area contributed by atoms with E-state index in [4.69, 9.17) is 13.9 Å². The highest BCUT2D eigenvalue weighted by molar-refractivity contribution is 6.17. The molecular formula is C37H51NO5. The second-order valence-electron chi connectivity index (χ2n) is 12.0. The number of carbonyl (C=O) groups is 2. The number of ether oxygens (including phenoxy) is 2. The molecule has 1 fully saturated rings. The number of carbonyl (C=O) groups excluding carboxylic acids is 2. The highest BCUT2D eigenvalue weighted by atomic mass is 16.5. The van der Waals surface area contributed by atoms with Crippen LogP contribution < -0.4 is 4.74 Å². The summed E-state index contributed by atoms with van der Waals surface area (Å²) in [5.74, 6) is 1.01. The molecule has 1 heterocycles. The monoisotopic (exact) mass is 589 g/mol. The van der Waals surface area contributed by atoms with E-state index in [1.165, 1.54) is 32.1 Å². The Morgan fingerprint density at radius 1 is 0.814 bits per heavy atom. The van der Waals surface area contributed by atoms with E-state index in [1.807, 2.05) is 24.3 Å². The molecule has 0 saturated heterocycles. The van der Waals surface area contributed by atoms with Gasteiger partial charge in [0.2, 0.25) is 0 Å². The Balaban J connectivity index is 1.44. The zero-order valence-electron chi connectivity index (χ0n) is 26.6. The van der Waals surface area contributed by atoms with Crippen molar-refractivity contribution in [2.24, 2.45) is 0 Å². The van der Waals surface area contributed by atoms with Gasteiger partial charge >= 0.3 is 5.97 Å². The number of aryl methyl sites for hydroxylation is 1. The molecule has 0 atom stereocenters. The number of benzene rings is 2. The van der Waals surface area contributed by atoms with Gasteiger partial charge in [-0.25, -0.2) is 4.79 Å². The molecule has 1 saturated carbocycles. The second-order valence-corrected chi connectivity index (χ2v) is 12.0. The number of nitrogens with zero attached hydrogens (tertiary/aromatic N) is 1. The third kappa shape index (κ3) is 9.43. The molecule has 2 aromatic carbocycles. The van der Waals surface area contributed by atoms with Gasteiger partial charge in [0.15, 0.2) is 5.78 Å². The molecule has 0 spiro atoms. The summed E-state index contributed by atoms with van der Waals surface area (Å²) in [7, 11) is 0. The Kier molecular flexibility index (Phi) is 13.1. The fraction of sp³-hybridized carbons (Fsp3) is 0.568. The lowest BCUT2D eigenvalue weighted by atomic mass is 9.97. The highest BCUT2D eigenvalue weighted by Gasteiger charge is 2.24. The maximum Gasteiger partial charge on any atom is 0.338 e. The molecular weight excluding hydrogens is 538 g/mol. The topological polar surface area (TPSA) is 69.0 Å². The van der Waals surface area contributed by atoms with Gasteiger partial charge in [-0.05, 0) is 107 Å². The first-order valence-electron chi connectivity index (χ1n) is 16.8. The molecule has 0 N–H and O–H groups in total. The molecule has 1 aromatic heterocycles. The van der Waals surface area contributed by atoms with E-state index in [0.717, 1.165) is 70.3 Å². The van der Waals surface area contributed by atoms with Crippen LogP contribution in [0.4, 0.5) is 0 Å². The van der Waals surface area contributed by atoms with E-state index in [9.17, 15) is 9.59 Å². The molecule has 234 valence electrons. The summed E-state index contributed by atoms with van der Waals surface area (Å²) in [5.41, 5.74) is 2.20. The van der Waals surface area contributed by atoms with E-state index in [-0.39, 0.29) is 17.9 Å². The average molecular weight is 590 g/mol. The van der Waals surface area contributed by atoms with Gasteiger partial charge < -0.3 is 18.8 Å². The van der Waals surface area contributed by atoms with Gasteiger partial charge in [-0.2, -0.15) is 0 Å². The largest absolute Gasteiger partial charge is 0.494 e. The lowest BCUT2D eigenvalue weighted by molar-refractivity contribution is 0.0211. The molecule has 0 radical (unpaired) electrons. The maximum atomic E-state index is 13.9. The summed E-state index contributed by atoms with van der Waals surface area (Å²) >= 11 is 0. The first-order chi connectivity index (χ1) is 21.0. The van der Waals surface area contributed by atoms with E-state index in [1.54, 1.807) is 18.2 Å². The summed E-state index contributed by atoms with van der Waals surface area (Å²) in [5, 5.41) is 0.672. The Morgan fingerprint density at radius 3 is 2.14 bits per heavy atom. The predicted molar refractivity (Wildman–Crippen MR) is 173 cm³/mol. The van der Waals surface area contributed by atoms with Crippen LogP contribution in [0.2, 0.25) is 0 Å². The first kappa shape index (κ1) is 32.8. The maximum absolute atomic E-state index is 13.9.